The van der Waals surface area contributed by atoms with Crippen LogP contribution < -0.4 is 10.1 Å². The smallest absolute Gasteiger partial charge is 0.262 e. The van der Waals surface area contributed by atoms with Gasteiger partial charge in [0.15, 0.2) is 16.4 Å². The molecule has 0 spiro atoms. The van der Waals surface area contributed by atoms with E-state index in [4.69, 9.17) is 10.00 Å². The minimum Gasteiger partial charge on any atom is -0.484 e. The van der Waals surface area contributed by atoms with Crippen molar-refractivity contribution >= 4 is 21.4 Å². The Hall–Kier alpha value is -2.85. The van der Waals surface area contributed by atoms with E-state index in [1.54, 1.807) is 42.5 Å². The lowest BCUT2D eigenvalue weighted by molar-refractivity contribution is -0.118. The van der Waals surface area contributed by atoms with Crippen molar-refractivity contribution in [2.24, 2.45) is 0 Å². The molecule has 2 aromatic rings. The van der Waals surface area contributed by atoms with E-state index >= 15 is 0 Å². The molecule has 0 unspecified atom stereocenters. The molecule has 0 aromatic heterocycles. The topological polar surface area (TPSA) is 96.3 Å². The second-order valence-electron chi connectivity index (χ2n) is 6.79. The lowest BCUT2D eigenvalue weighted by Gasteiger charge is -2.13. The van der Waals surface area contributed by atoms with Gasteiger partial charge in [-0.15, -0.1) is 0 Å². The van der Waals surface area contributed by atoms with E-state index in [1.165, 1.54) is 6.07 Å². The van der Waals surface area contributed by atoms with Gasteiger partial charge >= 0.3 is 0 Å². The molecule has 0 saturated heterocycles. The summed E-state index contributed by atoms with van der Waals surface area (Å²) in [6.07, 6.45) is 3.59. The molecule has 0 radical (unpaired) electrons. The largest absolute Gasteiger partial charge is 0.484 e. The first kappa shape index (κ1) is 19.9. The number of ether oxygens (including phenoxy) is 1. The van der Waals surface area contributed by atoms with Gasteiger partial charge in [-0.3, -0.25) is 4.79 Å². The number of hydrogen-bond donors (Lipinski definition) is 1. The van der Waals surface area contributed by atoms with Crippen LogP contribution in [0.2, 0.25) is 0 Å². The third-order valence-corrected chi connectivity index (χ3v) is 7.02. The summed E-state index contributed by atoms with van der Waals surface area (Å²) in [4.78, 5) is 12.4. The Bertz CT molecular complexity index is 972. The van der Waals surface area contributed by atoms with Gasteiger partial charge in [0.25, 0.3) is 5.91 Å². The number of amides is 1. The summed E-state index contributed by atoms with van der Waals surface area (Å²) in [6.45, 7) is -0.197. The van der Waals surface area contributed by atoms with Gasteiger partial charge in [-0.2, -0.15) is 5.26 Å². The molecule has 1 amide bonds. The number of rotatable bonds is 7. The Balaban J connectivity index is 1.59. The first-order valence-corrected chi connectivity index (χ1v) is 10.8. The van der Waals surface area contributed by atoms with E-state index in [1.807, 2.05) is 0 Å². The zero-order valence-electron chi connectivity index (χ0n) is 15.4. The molecule has 0 atom stereocenters. The molecule has 146 valence electrons. The van der Waals surface area contributed by atoms with Crippen molar-refractivity contribution < 1.29 is 17.9 Å². The standard InChI is InChI=1S/C21H22N2O4S/c22-13-12-16-8-10-18(11-9-16)27-15-21(24)23-17-4-3-7-20(14-17)28(25,26)19-5-1-2-6-19/h3-4,7-11,14,19H,1-2,5-6,12,15H2,(H,23,24). The van der Waals surface area contributed by atoms with Gasteiger partial charge in [-0.05, 0) is 48.7 Å². The molecule has 0 bridgehead atoms. The first-order chi connectivity index (χ1) is 13.5. The SMILES string of the molecule is N#CCc1ccc(OCC(=O)Nc2cccc(S(=O)(=O)C3CCCC3)c2)cc1. The van der Waals surface area contributed by atoms with Crippen LogP contribution in [0.25, 0.3) is 0 Å². The normalized spacial score (nSPS) is 14.4. The highest BCUT2D eigenvalue weighted by molar-refractivity contribution is 7.92. The minimum absolute atomic E-state index is 0.197. The third kappa shape index (κ3) is 4.90. The van der Waals surface area contributed by atoms with Crippen LogP contribution in [0.1, 0.15) is 31.2 Å². The van der Waals surface area contributed by atoms with Crippen LogP contribution in [0.3, 0.4) is 0 Å². The minimum atomic E-state index is -3.37. The van der Waals surface area contributed by atoms with Crippen molar-refractivity contribution in [2.75, 3.05) is 11.9 Å². The Labute approximate surface area is 165 Å². The maximum absolute atomic E-state index is 12.7. The van der Waals surface area contributed by atoms with Gasteiger partial charge in [0.05, 0.1) is 22.6 Å². The number of hydrogen-bond acceptors (Lipinski definition) is 5. The molecule has 1 N–H and O–H groups in total. The molecule has 1 aliphatic carbocycles. The van der Waals surface area contributed by atoms with Crippen LogP contribution in [-0.2, 0) is 21.1 Å². The summed E-state index contributed by atoms with van der Waals surface area (Å²) in [5.41, 5.74) is 1.30. The summed E-state index contributed by atoms with van der Waals surface area (Å²) in [5, 5.41) is 11.0. The maximum atomic E-state index is 12.7. The summed E-state index contributed by atoms with van der Waals surface area (Å²) in [7, 11) is -3.37. The molecule has 28 heavy (non-hydrogen) atoms. The van der Waals surface area contributed by atoms with Crippen LogP contribution >= 0.6 is 0 Å². The van der Waals surface area contributed by atoms with Gasteiger partial charge in [-0.1, -0.05) is 31.0 Å². The number of nitriles is 1. The fourth-order valence-electron chi connectivity index (χ4n) is 3.28. The molecular weight excluding hydrogens is 376 g/mol. The van der Waals surface area contributed by atoms with E-state index in [9.17, 15) is 13.2 Å². The quantitative estimate of drug-likeness (QED) is 0.770. The first-order valence-electron chi connectivity index (χ1n) is 9.21. The van der Waals surface area contributed by atoms with Crippen LogP contribution in [0.15, 0.2) is 53.4 Å². The molecule has 1 saturated carbocycles. The van der Waals surface area contributed by atoms with Crippen LogP contribution in [-0.4, -0.2) is 26.2 Å². The Kier molecular flexibility index (Phi) is 6.32. The van der Waals surface area contributed by atoms with Gasteiger partial charge in [-0.25, -0.2) is 8.42 Å². The number of sulfone groups is 1. The van der Waals surface area contributed by atoms with Crippen molar-refractivity contribution in [1.29, 1.82) is 5.26 Å². The lowest BCUT2D eigenvalue weighted by atomic mass is 10.2. The highest BCUT2D eigenvalue weighted by Gasteiger charge is 2.30. The third-order valence-electron chi connectivity index (χ3n) is 4.76. The summed E-state index contributed by atoms with van der Waals surface area (Å²) in [6, 6.07) is 15.4. The number of nitrogens with one attached hydrogen (secondary N) is 1. The van der Waals surface area contributed by atoms with E-state index in [-0.39, 0.29) is 22.7 Å². The van der Waals surface area contributed by atoms with Crippen molar-refractivity contribution in [3.63, 3.8) is 0 Å². The molecular formula is C21H22N2O4S. The maximum Gasteiger partial charge on any atom is 0.262 e. The Morgan fingerprint density at radius 3 is 2.54 bits per heavy atom. The average molecular weight is 398 g/mol. The second kappa shape index (κ2) is 8.89. The predicted octanol–water partition coefficient (Wildman–Crippen LogP) is 3.49. The van der Waals surface area contributed by atoms with Gasteiger partial charge in [0, 0.05) is 5.69 Å². The molecule has 3 rings (SSSR count). The molecule has 0 aliphatic heterocycles. The zero-order valence-corrected chi connectivity index (χ0v) is 16.2. The van der Waals surface area contributed by atoms with Crippen molar-refractivity contribution in [1.82, 2.24) is 0 Å². The molecule has 0 heterocycles. The molecule has 2 aromatic carbocycles. The lowest BCUT2D eigenvalue weighted by Crippen LogP contribution is -2.21. The average Bonchev–Trinajstić information content (AvgIpc) is 3.24. The summed E-state index contributed by atoms with van der Waals surface area (Å²) in [5.74, 6) is 0.144. The van der Waals surface area contributed by atoms with Gasteiger partial charge < -0.3 is 10.1 Å². The van der Waals surface area contributed by atoms with Crippen molar-refractivity contribution in [2.45, 2.75) is 42.2 Å². The van der Waals surface area contributed by atoms with Crippen LogP contribution in [0, 0.1) is 11.3 Å². The zero-order chi connectivity index (χ0) is 20.0. The Morgan fingerprint density at radius 1 is 1.14 bits per heavy atom. The molecule has 6 nitrogen and oxygen atoms in total. The second-order valence-corrected chi connectivity index (χ2v) is 9.02. The van der Waals surface area contributed by atoms with Gasteiger partial charge in [0.2, 0.25) is 0 Å². The van der Waals surface area contributed by atoms with E-state index < -0.39 is 9.84 Å². The van der Waals surface area contributed by atoms with Crippen molar-refractivity contribution in [3.05, 3.63) is 54.1 Å². The number of anilines is 1. The van der Waals surface area contributed by atoms with Crippen LogP contribution in [0.5, 0.6) is 5.75 Å². The fraction of sp³-hybridized carbons (Fsp3) is 0.333. The predicted molar refractivity (Wildman–Crippen MR) is 106 cm³/mol. The Morgan fingerprint density at radius 2 is 1.86 bits per heavy atom. The molecule has 1 aliphatic rings. The van der Waals surface area contributed by atoms with E-state index in [2.05, 4.69) is 11.4 Å². The summed E-state index contributed by atoms with van der Waals surface area (Å²) >= 11 is 0. The molecule has 1 fully saturated rings. The van der Waals surface area contributed by atoms with E-state index in [0.717, 1.165) is 18.4 Å². The molecule has 7 heteroatoms. The van der Waals surface area contributed by atoms with Crippen molar-refractivity contribution in [3.8, 4) is 11.8 Å². The highest BCUT2D eigenvalue weighted by atomic mass is 32.2. The number of nitrogens with zero attached hydrogens (tertiary/aromatic N) is 1. The fourth-order valence-corrected chi connectivity index (χ4v) is 5.18. The number of benzene rings is 2. The number of carbonyl (C=O) groups excluding carboxylic acids is 1. The van der Waals surface area contributed by atoms with Crippen LogP contribution in [0.4, 0.5) is 5.69 Å². The van der Waals surface area contributed by atoms with Gasteiger partial charge in [0.1, 0.15) is 5.75 Å². The monoisotopic (exact) mass is 398 g/mol. The number of carbonyl (C=O) groups is 1. The summed E-state index contributed by atoms with van der Waals surface area (Å²) < 4.78 is 30.8. The highest BCUT2D eigenvalue weighted by Crippen LogP contribution is 2.30. The van der Waals surface area contributed by atoms with E-state index in [0.29, 0.717) is 30.7 Å².